The van der Waals surface area contributed by atoms with Crippen LogP contribution in [0.15, 0.2) is 30.3 Å². The molecule has 1 rings (SSSR count). The van der Waals surface area contributed by atoms with Gasteiger partial charge in [-0.15, -0.1) is 0 Å². The summed E-state index contributed by atoms with van der Waals surface area (Å²) in [6.45, 7) is 4.17. The van der Waals surface area contributed by atoms with Gasteiger partial charge in [-0.1, -0.05) is 25.4 Å². The zero-order chi connectivity index (χ0) is 18.7. The number of hydrogen-bond donors (Lipinski definition) is 1. The molecule has 25 heavy (non-hydrogen) atoms. The summed E-state index contributed by atoms with van der Waals surface area (Å²) in [6.07, 6.45) is 5.06. The zero-order valence-electron chi connectivity index (χ0n) is 14.8. The Balaban J connectivity index is 2.54. The lowest BCUT2D eigenvalue weighted by atomic mass is 9.47. The number of likely N-dealkylation sites (N-methyl/N-ethyl adjacent to an activating group) is 1. The molecule has 0 fully saturated rings. The molecule has 0 heterocycles. The Bertz CT molecular complexity index is 625. The number of anilines is 1. The van der Waals surface area contributed by atoms with E-state index in [4.69, 9.17) is 10.4 Å². The molecular weight excluding hydrogens is 317 g/mol. The van der Waals surface area contributed by atoms with Crippen LogP contribution in [0.2, 0.25) is 12.6 Å². The molecule has 0 spiro atoms. The normalized spacial score (nSPS) is 10.6. The number of benzene rings is 1. The molecule has 0 aliphatic carbocycles. The number of carbonyl (C=O) groups is 2. The number of hydrogen-bond acceptors (Lipinski definition) is 4. The lowest BCUT2D eigenvalue weighted by Gasteiger charge is -2.22. The minimum Gasteiger partial charge on any atom is -0.478 e. The Labute approximate surface area is 149 Å². The summed E-state index contributed by atoms with van der Waals surface area (Å²) in [7, 11) is 1.98. The van der Waals surface area contributed by atoms with Gasteiger partial charge in [0.25, 0.3) is 6.71 Å². The molecule has 0 bridgehead atoms. The molecule has 0 saturated carbocycles. The molecule has 1 aromatic carbocycles. The van der Waals surface area contributed by atoms with E-state index in [9.17, 15) is 9.59 Å². The molecule has 0 radical (unpaired) electrons. The summed E-state index contributed by atoms with van der Waals surface area (Å²) in [5.74, 6) is 1.30. The van der Waals surface area contributed by atoms with Crippen LogP contribution in [0.5, 0.6) is 0 Å². The number of nitriles is 1. The molecule has 7 heteroatoms. The van der Waals surface area contributed by atoms with Crippen molar-refractivity contribution in [1.29, 1.82) is 5.26 Å². The van der Waals surface area contributed by atoms with E-state index in [1.54, 1.807) is 29.2 Å². The van der Waals surface area contributed by atoms with E-state index in [2.05, 4.69) is 10.9 Å². The quantitative estimate of drug-likeness (QED) is 0.379. The van der Waals surface area contributed by atoms with Crippen molar-refractivity contribution >= 4 is 30.9 Å². The van der Waals surface area contributed by atoms with Crippen molar-refractivity contribution in [3.63, 3.8) is 0 Å². The predicted octanol–water partition coefficient (Wildman–Crippen LogP) is 2.26. The maximum atomic E-state index is 11.3. The number of carbonyl (C=O) groups excluding carboxylic acids is 1. The SMILES string of the molecule is CCB(C#N)CCN(C)CCN(C=O)c1ccc(/C=C/C(=O)O)cc1. The second-order valence-corrected chi connectivity index (χ2v) is 5.89. The highest BCUT2D eigenvalue weighted by molar-refractivity contribution is 6.66. The van der Waals surface area contributed by atoms with Crippen LogP contribution < -0.4 is 4.90 Å². The number of carboxylic acid groups (broad SMARTS) is 1. The van der Waals surface area contributed by atoms with Crippen molar-refractivity contribution in [2.24, 2.45) is 0 Å². The van der Waals surface area contributed by atoms with Crippen molar-refractivity contribution in [1.82, 2.24) is 4.90 Å². The fraction of sp³-hybridized carbons (Fsp3) is 0.389. The second-order valence-electron chi connectivity index (χ2n) is 5.89. The van der Waals surface area contributed by atoms with Crippen molar-refractivity contribution in [3.8, 4) is 5.97 Å². The van der Waals surface area contributed by atoms with Gasteiger partial charge in [-0.25, -0.2) is 10.1 Å². The first-order valence-corrected chi connectivity index (χ1v) is 8.31. The van der Waals surface area contributed by atoms with E-state index in [0.717, 1.165) is 42.9 Å². The number of amides is 1. The van der Waals surface area contributed by atoms with Gasteiger partial charge in [0.15, 0.2) is 0 Å². The molecule has 0 aliphatic rings. The third-order valence-corrected chi connectivity index (χ3v) is 4.03. The highest BCUT2D eigenvalue weighted by Gasteiger charge is 2.12. The molecule has 1 N–H and O–H groups in total. The Morgan fingerprint density at radius 1 is 1.28 bits per heavy atom. The first-order chi connectivity index (χ1) is 12.0. The van der Waals surface area contributed by atoms with Gasteiger partial charge in [0.1, 0.15) is 0 Å². The summed E-state index contributed by atoms with van der Waals surface area (Å²) >= 11 is 0. The van der Waals surface area contributed by atoms with Crippen molar-refractivity contribution in [3.05, 3.63) is 35.9 Å². The lowest BCUT2D eigenvalue weighted by Crippen LogP contribution is -2.33. The van der Waals surface area contributed by atoms with Gasteiger partial charge in [0, 0.05) is 30.8 Å². The molecule has 132 valence electrons. The minimum atomic E-state index is -0.997. The van der Waals surface area contributed by atoms with Gasteiger partial charge in [-0.2, -0.15) is 0 Å². The first-order valence-electron chi connectivity index (χ1n) is 8.31. The van der Waals surface area contributed by atoms with Crippen LogP contribution in [0.25, 0.3) is 6.08 Å². The fourth-order valence-corrected chi connectivity index (χ4v) is 2.31. The maximum Gasteiger partial charge on any atom is 0.328 e. The number of aliphatic carboxylic acids is 1. The second kappa shape index (κ2) is 11.1. The van der Waals surface area contributed by atoms with Crippen LogP contribution in [-0.4, -0.2) is 55.8 Å². The molecule has 0 aliphatic heterocycles. The average molecular weight is 341 g/mol. The van der Waals surface area contributed by atoms with Crippen LogP contribution in [0.3, 0.4) is 0 Å². The largest absolute Gasteiger partial charge is 0.478 e. The molecule has 1 aromatic rings. The maximum absolute atomic E-state index is 11.3. The highest BCUT2D eigenvalue weighted by atomic mass is 16.4. The summed E-state index contributed by atoms with van der Waals surface area (Å²) in [6, 6.07) is 7.12. The van der Waals surface area contributed by atoms with Crippen molar-refractivity contribution in [2.45, 2.75) is 19.6 Å². The summed E-state index contributed by atoms with van der Waals surface area (Å²) < 4.78 is 0. The third kappa shape index (κ3) is 7.68. The van der Waals surface area contributed by atoms with E-state index < -0.39 is 5.97 Å². The summed E-state index contributed by atoms with van der Waals surface area (Å²) in [5, 5.41) is 17.6. The van der Waals surface area contributed by atoms with Gasteiger partial charge in [-0.3, -0.25) is 4.79 Å². The van der Waals surface area contributed by atoms with Gasteiger partial charge in [0.2, 0.25) is 6.41 Å². The molecule has 0 atom stereocenters. The highest BCUT2D eigenvalue weighted by Crippen LogP contribution is 2.15. The smallest absolute Gasteiger partial charge is 0.328 e. The lowest BCUT2D eigenvalue weighted by molar-refractivity contribution is -0.131. The van der Waals surface area contributed by atoms with Crippen LogP contribution in [0.1, 0.15) is 12.5 Å². The molecular formula is C18H24BN3O3. The van der Waals surface area contributed by atoms with Crippen molar-refractivity contribution in [2.75, 3.05) is 31.6 Å². The Morgan fingerprint density at radius 3 is 2.48 bits per heavy atom. The van der Waals surface area contributed by atoms with Crippen molar-refractivity contribution < 1.29 is 14.7 Å². The zero-order valence-corrected chi connectivity index (χ0v) is 14.8. The van der Waals surface area contributed by atoms with Crippen LogP contribution in [0, 0.1) is 11.2 Å². The molecule has 6 nitrogen and oxygen atoms in total. The Hall–Kier alpha value is -2.59. The van der Waals surface area contributed by atoms with E-state index in [1.165, 1.54) is 6.08 Å². The fourth-order valence-electron chi connectivity index (χ4n) is 2.31. The van der Waals surface area contributed by atoms with Crippen LogP contribution in [-0.2, 0) is 9.59 Å². The monoisotopic (exact) mass is 341 g/mol. The Kier molecular flexibility index (Phi) is 9.05. The minimum absolute atomic E-state index is 0.0797. The van der Waals surface area contributed by atoms with Crippen LogP contribution >= 0.6 is 0 Å². The number of rotatable bonds is 11. The standard InChI is InChI=1S/C18H24BN3O3/c1-3-19(14-20)10-11-21(2)12-13-22(15-23)17-7-4-16(5-8-17)6-9-18(24)25/h4-9,15H,3,10-13H2,1-2H3,(H,24,25)/b9-6+. The molecule has 0 saturated heterocycles. The van der Waals surface area contributed by atoms with Gasteiger partial charge in [0.05, 0.1) is 0 Å². The van der Waals surface area contributed by atoms with Gasteiger partial charge >= 0.3 is 5.97 Å². The molecule has 0 aromatic heterocycles. The molecule has 1 amide bonds. The predicted molar refractivity (Wildman–Crippen MR) is 101 cm³/mol. The van der Waals surface area contributed by atoms with E-state index in [-0.39, 0.29) is 6.71 Å². The van der Waals surface area contributed by atoms with E-state index in [1.807, 2.05) is 14.0 Å². The summed E-state index contributed by atoms with van der Waals surface area (Å²) in [4.78, 5) is 25.6. The number of carboxylic acids is 1. The topological polar surface area (TPSA) is 84.6 Å². The first kappa shape index (κ1) is 20.5. The van der Waals surface area contributed by atoms with E-state index in [0.29, 0.717) is 13.1 Å². The third-order valence-electron chi connectivity index (χ3n) is 4.03. The summed E-state index contributed by atoms with van der Waals surface area (Å²) in [5.41, 5.74) is 1.52. The van der Waals surface area contributed by atoms with Crippen LogP contribution in [0.4, 0.5) is 5.69 Å². The average Bonchev–Trinajstić information content (AvgIpc) is 2.62. The van der Waals surface area contributed by atoms with E-state index >= 15 is 0 Å². The van der Waals surface area contributed by atoms with Gasteiger partial charge < -0.3 is 14.9 Å². The number of nitrogens with zero attached hydrogens (tertiary/aromatic N) is 3. The molecule has 0 unspecified atom stereocenters. The van der Waals surface area contributed by atoms with Gasteiger partial charge in [-0.05, 0) is 43.7 Å². The Morgan fingerprint density at radius 2 is 1.96 bits per heavy atom.